The molecule has 1 amide bonds. The maximum absolute atomic E-state index is 13.3. The second-order valence-electron chi connectivity index (χ2n) is 9.30. The van der Waals surface area contributed by atoms with Crippen LogP contribution in [0.15, 0.2) is 72.9 Å². The van der Waals surface area contributed by atoms with Gasteiger partial charge >= 0.3 is 12.3 Å². The monoisotopic (exact) mass is 492 g/mol. The number of hydrogen-bond acceptors (Lipinski definition) is 4. The highest BCUT2D eigenvalue weighted by atomic mass is 19.4. The molecule has 3 aromatic rings. The number of aromatic nitrogens is 1. The summed E-state index contributed by atoms with van der Waals surface area (Å²) in [6.07, 6.45) is -1.71. The van der Waals surface area contributed by atoms with E-state index in [-0.39, 0.29) is 24.6 Å². The molecule has 3 aliphatic rings. The average Bonchev–Trinajstić information content (AvgIpc) is 3.20. The lowest BCUT2D eigenvalue weighted by Crippen LogP contribution is -2.56. The topological polar surface area (TPSA) is 51.7 Å². The molecule has 1 fully saturated rings. The molecule has 184 valence electrons. The van der Waals surface area contributed by atoms with Gasteiger partial charge in [-0.2, -0.15) is 13.2 Å². The molecule has 8 heteroatoms. The van der Waals surface area contributed by atoms with Gasteiger partial charge in [-0.1, -0.05) is 54.6 Å². The van der Waals surface area contributed by atoms with Crippen LogP contribution in [0.4, 0.5) is 18.0 Å². The van der Waals surface area contributed by atoms with Gasteiger partial charge in [0.1, 0.15) is 6.61 Å². The van der Waals surface area contributed by atoms with Crippen molar-refractivity contribution in [3.63, 3.8) is 0 Å². The quantitative estimate of drug-likeness (QED) is 0.457. The smallest absolute Gasteiger partial charge is 0.417 e. The number of benzene rings is 2. The Morgan fingerprint density at radius 1 is 1.00 bits per heavy atom. The summed E-state index contributed by atoms with van der Waals surface area (Å²) < 4.78 is 50.3. The fourth-order valence-corrected chi connectivity index (χ4v) is 5.49. The Hall–Kier alpha value is -3.65. The summed E-state index contributed by atoms with van der Waals surface area (Å²) in [6.45, 7) is 0.851. The zero-order valence-corrected chi connectivity index (χ0v) is 19.2. The summed E-state index contributed by atoms with van der Waals surface area (Å²) in [6, 6.07) is 18.1. The van der Waals surface area contributed by atoms with Crippen molar-refractivity contribution >= 4 is 11.7 Å². The largest absolute Gasteiger partial charge is 0.448 e. The molecule has 2 unspecified atom stereocenters. The Morgan fingerprint density at radius 2 is 1.69 bits per heavy atom. The molecule has 36 heavy (non-hydrogen) atoms. The number of fused-ring (bicyclic) bond motifs is 5. The number of carbonyl (C=O) groups excluding carboxylic acids is 1. The summed E-state index contributed by atoms with van der Waals surface area (Å²) in [4.78, 5) is 19.0. The minimum absolute atomic E-state index is 0.0373. The molecule has 6 rings (SSSR count). The first-order valence-corrected chi connectivity index (χ1v) is 11.9. The molecule has 3 heterocycles. The number of amides is 1. The van der Waals surface area contributed by atoms with E-state index in [0.29, 0.717) is 25.3 Å². The second kappa shape index (κ2) is 8.78. The van der Waals surface area contributed by atoms with Gasteiger partial charge in [0.15, 0.2) is 0 Å². The van der Waals surface area contributed by atoms with Gasteiger partial charge in [-0.15, -0.1) is 0 Å². The Bertz CT molecular complexity index is 1290. The first-order chi connectivity index (χ1) is 17.4. The maximum Gasteiger partial charge on any atom is 0.417 e. The van der Waals surface area contributed by atoms with Crippen LogP contribution in [0.2, 0.25) is 0 Å². The molecule has 1 aliphatic carbocycles. The fraction of sp³-hybridized carbons (Fsp3) is 0.286. The minimum atomic E-state index is -4.43. The molecule has 2 aromatic carbocycles. The van der Waals surface area contributed by atoms with Crippen molar-refractivity contribution < 1.29 is 27.4 Å². The Balaban J connectivity index is 1.20. The van der Waals surface area contributed by atoms with Crippen molar-refractivity contribution in [2.75, 3.05) is 19.8 Å². The van der Waals surface area contributed by atoms with Crippen LogP contribution < -0.4 is 0 Å². The third kappa shape index (κ3) is 3.95. The molecule has 0 saturated carbocycles. The molecule has 1 saturated heterocycles. The second-order valence-corrected chi connectivity index (χ2v) is 9.30. The van der Waals surface area contributed by atoms with Crippen LogP contribution in [-0.4, -0.2) is 47.9 Å². The van der Waals surface area contributed by atoms with Gasteiger partial charge < -0.3 is 9.47 Å². The lowest BCUT2D eigenvalue weighted by molar-refractivity contribution is -0.137. The number of alkyl halides is 3. The van der Waals surface area contributed by atoms with Gasteiger partial charge in [0.05, 0.1) is 36.6 Å². The first kappa shape index (κ1) is 22.8. The molecule has 0 N–H and O–H groups in total. The van der Waals surface area contributed by atoms with E-state index < -0.39 is 17.8 Å². The number of morpholine rings is 1. The Kier molecular flexibility index (Phi) is 5.56. The van der Waals surface area contributed by atoms with Gasteiger partial charge in [0.25, 0.3) is 0 Å². The zero-order chi connectivity index (χ0) is 24.9. The third-order valence-corrected chi connectivity index (χ3v) is 7.17. The maximum atomic E-state index is 13.3. The van der Waals surface area contributed by atoms with Gasteiger partial charge in [0, 0.05) is 12.1 Å². The van der Waals surface area contributed by atoms with Crippen LogP contribution in [0.3, 0.4) is 0 Å². The number of pyridine rings is 1. The van der Waals surface area contributed by atoms with E-state index in [1.807, 2.05) is 30.3 Å². The predicted octanol–water partition coefficient (Wildman–Crippen LogP) is 5.91. The van der Waals surface area contributed by atoms with E-state index in [1.165, 1.54) is 6.07 Å². The lowest BCUT2D eigenvalue weighted by Gasteiger charge is -2.43. The van der Waals surface area contributed by atoms with Crippen molar-refractivity contribution in [1.82, 2.24) is 9.88 Å². The molecular formula is C28H23F3N2O3. The van der Waals surface area contributed by atoms with E-state index in [1.54, 1.807) is 4.90 Å². The van der Waals surface area contributed by atoms with Crippen LogP contribution in [0, 0.1) is 0 Å². The number of carbonyl (C=O) groups is 1. The van der Waals surface area contributed by atoms with Crippen LogP contribution in [0.5, 0.6) is 0 Å². The molecule has 0 spiro atoms. The summed E-state index contributed by atoms with van der Waals surface area (Å²) in [5.41, 5.74) is 5.11. The van der Waals surface area contributed by atoms with Crippen molar-refractivity contribution in [2.45, 2.75) is 30.6 Å². The molecule has 0 radical (unpaired) electrons. The number of hydrogen-bond donors (Lipinski definition) is 0. The minimum Gasteiger partial charge on any atom is -0.448 e. The molecule has 2 atom stereocenters. The normalized spacial score (nSPS) is 21.0. The number of ether oxygens (including phenoxy) is 2. The Morgan fingerprint density at radius 3 is 2.31 bits per heavy atom. The summed E-state index contributed by atoms with van der Waals surface area (Å²) in [7, 11) is 0. The Labute approximate surface area is 206 Å². The number of halogens is 3. The zero-order valence-electron chi connectivity index (χ0n) is 19.2. The summed E-state index contributed by atoms with van der Waals surface area (Å²) in [5, 5.41) is 0. The van der Waals surface area contributed by atoms with Crippen molar-refractivity contribution in [1.29, 1.82) is 0 Å². The van der Waals surface area contributed by atoms with Gasteiger partial charge in [0.2, 0.25) is 0 Å². The van der Waals surface area contributed by atoms with E-state index in [9.17, 15) is 18.0 Å². The van der Waals surface area contributed by atoms with E-state index in [0.717, 1.165) is 40.1 Å². The lowest BCUT2D eigenvalue weighted by atomic mass is 9.92. The van der Waals surface area contributed by atoms with Gasteiger partial charge in [-0.3, -0.25) is 9.88 Å². The van der Waals surface area contributed by atoms with Crippen LogP contribution >= 0.6 is 0 Å². The molecule has 5 nitrogen and oxygen atoms in total. The average molecular weight is 492 g/mol. The standard InChI is InChI=1S/C28H23F3N2O3/c29-28(30,31)18-9-10-26(32-13-18)17-11-19-14-35-15-20(12-17)33(19)27(34)36-16-25-23-7-3-1-5-21(23)22-6-2-4-8-24(22)25/h1-11,13,19-20,25H,12,14-16H2. The highest BCUT2D eigenvalue weighted by Gasteiger charge is 2.40. The van der Waals surface area contributed by atoms with Gasteiger partial charge in [-0.25, -0.2) is 4.79 Å². The molecule has 2 aliphatic heterocycles. The molecular weight excluding hydrogens is 469 g/mol. The summed E-state index contributed by atoms with van der Waals surface area (Å²) >= 11 is 0. The first-order valence-electron chi connectivity index (χ1n) is 11.9. The molecule has 2 bridgehead atoms. The highest BCUT2D eigenvalue weighted by Crippen LogP contribution is 2.44. The van der Waals surface area contributed by atoms with E-state index in [2.05, 4.69) is 29.2 Å². The fourth-order valence-electron chi connectivity index (χ4n) is 5.49. The summed E-state index contributed by atoms with van der Waals surface area (Å²) in [5.74, 6) is -0.0373. The van der Waals surface area contributed by atoms with Crippen molar-refractivity contribution in [3.05, 3.63) is 95.3 Å². The van der Waals surface area contributed by atoms with Gasteiger partial charge in [-0.05, 0) is 46.4 Å². The predicted molar refractivity (Wildman–Crippen MR) is 127 cm³/mol. The molecule has 1 aromatic heterocycles. The van der Waals surface area contributed by atoms with Crippen LogP contribution in [-0.2, 0) is 15.7 Å². The highest BCUT2D eigenvalue weighted by molar-refractivity contribution is 5.79. The number of nitrogens with zero attached hydrogens (tertiary/aromatic N) is 2. The van der Waals surface area contributed by atoms with Crippen LogP contribution in [0.25, 0.3) is 16.7 Å². The number of rotatable bonds is 3. The van der Waals surface area contributed by atoms with E-state index >= 15 is 0 Å². The van der Waals surface area contributed by atoms with E-state index in [4.69, 9.17) is 9.47 Å². The third-order valence-electron chi connectivity index (χ3n) is 7.17. The van der Waals surface area contributed by atoms with Crippen molar-refractivity contribution in [2.24, 2.45) is 0 Å². The van der Waals surface area contributed by atoms with Crippen molar-refractivity contribution in [3.8, 4) is 11.1 Å². The SMILES string of the molecule is O=C(OCC1c2ccccc2-c2ccccc21)N1C2C=C(c3ccc(C(F)(F)F)cn3)CC1COC2. The van der Waals surface area contributed by atoms with Crippen LogP contribution in [0.1, 0.15) is 34.7 Å².